The summed E-state index contributed by atoms with van der Waals surface area (Å²) < 4.78 is 0. The molecule has 0 bridgehead atoms. The van der Waals surface area contributed by atoms with Crippen LogP contribution >= 0.6 is 0 Å². The third-order valence-electron chi connectivity index (χ3n) is 4.20. The smallest absolute Gasteiger partial charge is 0.270 e. The lowest BCUT2D eigenvalue weighted by Crippen LogP contribution is -2.56. The first-order valence-electron chi connectivity index (χ1n) is 8.01. The van der Waals surface area contributed by atoms with E-state index in [0.29, 0.717) is 44.7 Å². The Kier molecular flexibility index (Phi) is 5.52. The molecule has 2 aliphatic heterocycles. The predicted octanol–water partition coefficient (Wildman–Crippen LogP) is -0.102. The molecule has 2 aliphatic rings. The molecule has 124 valence electrons. The molecular weight excluding hydrogens is 284 g/mol. The van der Waals surface area contributed by atoms with Crippen LogP contribution in [0.3, 0.4) is 0 Å². The maximum absolute atomic E-state index is 12.6. The van der Waals surface area contributed by atoms with E-state index in [-0.39, 0.29) is 24.0 Å². The number of carbonyl (C=O) groups excluding carboxylic acids is 2. The van der Waals surface area contributed by atoms with Crippen molar-refractivity contribution in [3.8, 4) is 0 Å². The topological polar surface area (TPSA) is 76.5 Å². The Hall–Kier alpha value is -1.47. The highest BCUT2D eigenvalue weighted by molar-refractivity contribution is 6.39. The number of carbonyl (C=O) groups is 2. The molecule has 22 heavy (non-hydrogen) atoms. The van der Waals surface area contributed by atoms with Crippen LogP contribution in [-0.4, -0.2) is 82.3 Å². The van der Waals surface area contributed by atoms with Crippen LogP contribution in [0.2, 0.25) is 0 Å². The molecular formula is C15H26N4O3. The fourth-order valence-electron chi connectivity index (χ4n) is 2.98. The number of hydrazone groups is 1. The summed E-state index contributed by atoms with van der Waals surface area (Å²) in [5.74, 6) is -0.0799. The molecule has 7 nitrogen and oxygen atoms in total. The number of β-amino-alcohol motifs (C(OH)–C–C–N with tert-alkyl or cyclic N) is 1. The highest BCUT2D eigenvalue weighted by Gasteiger charge is 2.31. The SMILES string of the molecule is CCN1N=C(C(=O)N2CCN(C[C@H](C)O)[C@H](C)C2)CCC1=O. The van der Waals surface area contributed by atoms with E-state index in [1.807, 2.05) is 11.8 Å². The molecule has 2 rings (SSSR count). The summed E-state index contributed by atoms with van der Waals surface area (Å²) >= 11 is 0. The number of rotatable bonds is 4. The molecule has 2 atom stereocenters. The van der Waals surface area contributed by atoms with Gasteiger partial charge in [-0.25, -0.2) is 5.01 Å². The number of hydrogen-bond donors (Lipinski definition) is 1. The average Bonchev–Trinajstić information content (AvgIpc) is 2.48. The monoisotopic (exact) mass is 310 g/mol. The molecule has 0 saturated carbocycles. The Morgan fingerprint density at radius 1 is 1.41 bits per heavy atom. The van der Waals surface area contributed by atoms with Gasteiger partial charge in [0.2, 0.25) is 5.91 Å². The Morgan fingerprint density at radius 2 is 2.14 bits per heavy atom. The van der Waals surface area contributed by atoms with E-state index >= 15 is 0 Å². The molecule has 0 unspecified atom stereocenters. The van der Waals surface area contributed by atoms with Gasteiger partial charge < -0.3 is 10.0 Å². The maximum Gasteiger partial charge on any atom is 0.270 e. The van der Waals surface area contributed by atoms with Gasteiger partial charge in [-0.05, 0) is 20.8 Å². The van der Waals surface area contributed by atoms with Crippen LogP contribution in [0.25, 0.3) is 0 Å². The lowest BCUT2D eigenvalue weighted by Gasteiger charge is -2.40. The fraction of sp³-hybridized carbons (Fsp3) is 0.800. The summed E-state index contributed by atoms with van der Waals surface area (Å²) in [7, 11) is 0. The van der Waals surface area contributed by atoms with Gasteiger partial charge in [0.1, 0.15) is 5.71 Å². The second-order valence-electron chi connectivity index (χ2n) is 6.10. The number of piperazine rings is 1. The van der Waals surface area contributed by atoms with Crippen molar-refractivity contribution in [3.63, 3.8) is 0 Å². The summed E-state index contributed by atoms with van der Waals surface area (Å²) in [5, 5.41) is 15.1. The van der Waals surface area contributed by atoms with E-state index in [1.54, 1.807) is 6.92 Å². The number of hydrogen-bond acceptors (Lipinski definition) is 5. The molecule has 1 fully saturated rings. The minimum atomic E-state index is -0.364. The highest BCUT2D eigenvalue weighted by atomic mass is 16.3. The third kappa shape index (κ3) is 3.84. The summed E-state index contributed by atoms with van der Waals surface area (Å²) in [5.41, 5.74) is 0.484. The second-order valence-corrected chi connectivity index (χ2v) is 6.10. The van der Waals surface area contributed by atoms with Crippen molar-refractivity contribution in [1.82, 2.24) is 14.8 Å². The third-order valence-corrected chi connectivity index (χ3v) is 4.20. The van der Waals surface area contributed by atoms with Gasteiger partial charge in [0.05, 0.1) is 6.10 Å². The van der Waals surface area contributed by atoms with Crippen molar-refractivity contribution < 1.29 is 14.7 Å². The van der Waals surface area contributed by atoms with Crippen molar-refractivity contribution in [1.29, 1.82) is 0 Å². The normalized spacial score (nSPS) is 25.2. The minimum absolute atomic E-state index is 0.0193. The molecule has 2 heterocycles. The van der Waals surface area contributed by atoms with Crippen LogP contribution in [0.1, 0.15) is 33.6 Å². The minimum Gasteiger partial charge on any atom is -0.392 e. The number of amides is 2. The Bertz CT molecular complexity index is 464. The van der Waals surface area contributed by atoms with E-state index in [1.165, 1.54) is 5.01 Å². The van der Waals surface area contributed by atoms with Crippen molar-refractivity contribution in [2.75, 3.05) is 32.7 Å². The lowest BCUT2D eigenvalue weighted by molar-refractivity contribution is -0.132. The molecule has 0 aromatic carbocycles. The molecule has 0 radical (unpaired) electrons. The van der Waals surface area contributed by atoms with E-state index in [0.717, 1.165) is 6.54 Å². The zero-order chi connectivity index (χ0) is 16.3. The van der Waals surface area contributed by atoms with E-state index in [2.05, 4.69) is 16.9 Å². The number of aliphatic hydroxyl groups is 1. The standard InChI is InChI=1S/C15H26N4O3/c1-4-19-14(21)6-5-13(16-19)15(22)18-8-7-17(10-12(3)20)11(2)9-18/h11-12,20H,4-10H2,1-3H3/t11-,12+/m1/s1. The molecule has 2 amide bonds. The van der Waals surface area contributed by atoms with E-state index < -0.39 is 0 Å². The van der Waals surface area contributed by atoms with Gasteiger partial charge in [-0.2, -0.15) is 5.10 Å². The van der Waals surface area contributed by atoms with Crippen LogP contribution in [0.5, 0.6) is 0 Å². The van der Waals surface area contributed by atoms with Gasteiger partial charge in [0, 0.05) is 51.6 Å². The fourth-order valence-corrected chi connectivity index (χ4v) is 2.98. The quantitative estimate of drug-likeness (QED) is 0.786. The first kappa shape index (κ1) is 16.9. The number of aliphatic hydroxyl groups excluding tert-OH is 1. The van der Waals surface area contributed by atoms with Crippen molar-refractivity contribution in [3.05, 3.63) is 0 Å². The van der Waals surface area contributed by atoms with Crippen molar-refractivity contribution in [2.45, 2.75) is 45.8 Å². The van der Waals surface area contributed by atoms with E-state index in [9.17, 15) is 14.7 Å². The van der Waals surface area contributed by atoms with Gasteiger partial charge in [-0.1, -0.05) is 0 Å². The van der Waals surface area contributed by atoms with Gasteiger partial charge in [-0.3, -0.25) is 14.5 Å². The van der Waals surface area contributed by atoms with Crippen LogP contribution in [0.15, 0.2) is 5.10 Å². The maximum atomic E-state index is 12.6. The summed E-state index contributed by atoms with van der Waals surface area (Å²) in [6, 6.07) is 0.209. The first-order chi connectivity index (χ1) is 10.4. The largest absolute Gasteiger partial charge is 0.392 e. The zero-order valence-corrected chi connectivity index (χ0v) is 13.7. The average molecular weight is 310 g/mol. The Morgan fingerprint density at radius 3 is 2.73 bits per heavy atom. The van der Waals surface area contributed by atoms with Gasteiger partial charge in [-0.15, -0.1) is 0 Å². The molecule has 0 aliphatic carbocycles. The first-order valence-corrected chi connectivity index (χ1v) is 8.01. The molecule has 0 aromatic heterocycles. The van der Waals surface area contributed by atoms with E-state index in [4.69, 9.17) is 0 Å². The summed E-state index contributed by atoms with van der Waals surface area (Å²) in [4.78, 5) is 28.2. The van der Waals surface area contributed by atoms with Crippen LogP contribution in [0.4, 0.5) is 0 Å². The molecule has 7 heteroatoms. The summed E-state index contributed by atoms with van der Waals surface area (Å²) in [6.07, 6.45) is 0.420. The second kappa shape index (κ2) is 7.19. The van der Waals surface area contributed by atoms with Crippen molar-refractivity contribution in [2.24, 2.45) is 5.10 Å². The lowest BCUT2D eigenvalue weighted by atomic mass is 10.1. The molecule has 0 spiro atoms. The van der Waals surface area contributed by atoms with Gasteiger partial charge in [0.25, 0.3) is 5.91 Å². The molecule has 1 saturated heterocycles. The summed E-state index contributed by atoms with van der Waals surface area (Å²) in [6.45, 7) is 8.83. The van der Waals surface area contributed by atoms with Gasteiger partial charge in [0.15, 0.2) is 0 Å². The van der Waals surface area contributed by atoms with Crippen LogP contribution < -0.4 is 0 Å². The molecule has 1 N–H and O–H groups in total. The highest BCUT2D eigenvalue weighted by Crippen LogP contribution is 2.15. The Balaban J connectivity index is 1.98. The number of nitrogens with zero attached hydrogens (tertiary/aromatic N) is 4. The predicted molar refractivity (Wildman–Crippen MR) is 83.4 cm³/mol. The molecule has 0 aromatic rings. The van der Waals surface area contributed by atoms with Crippen molar-refractivity contribution >= 4 is 17.5 Å². The zero-order valence-electron chi connectivity index (χ0n) is 13.7. The van der Waals surface area contributed by atoms with Crippen LogP contribution in [0, 0.1) is 0 Å². The Labute approximate surface area is 131 Å². The van der Waals surface area contributed by atoms with Gasteiger partial charge >= 0.3 is 0 Å². The van der Waals surface area contributed by atoms with Crippen LogP contribution in [-0.2, 0) is 9.59 Å².